The highest BCUT2D eigenvalue weighted by molar-refractivity contribution is 6.21. The molecule has 0 atom stereocenters. The molecule has 1 aliphatic heterocycles. The SMILES string of the molecule is c1ccc(-c2ccc(-c3c4ccccc4c(-c4ccc5c(c4)-c4cccc6cccc(c46)O5)c4ccccc34)cc2)cc1. The van der Waals surface area contributed by atoms with Crippen LogP contribution in [-0.4, -0.2) is 0 Å². The van der Waals surface area contributed by atoms with Crippen molar-refractivity contribution in [3.05, 3.63) is 158 Å². The molecular formula is C42H26O. The van der Waals surface area contributed by atoms with E-state index in [0.29, 0.717) is 0 Å². The van der Waals surface area contributed by atoms with E-state index in [2.05, 4.69) is 158 Å². The minimum atomic E-state index is 0.902. The van der Waals surface area contributed by atoms with Gasteiger partial charge in [0.1, 0.15) is 11.5 Å². The summed E-state index contributed by atoms with van der Waals surface area (Å²) in [5.74, 6) is 1.82. The fourth-order valence-electron chi connectivity index (χ4n) is 6.93. The van der Waals surface area contributed by atoms with Gasteiger partial charge in [0.15, 0.2) is 0 Å². The van der Waals surface area contributed by atoms with Crippen LogP contribution in [0, 0.1) is 0 Å². The second-order valence-electron chi connectivity index (χ2n) is 11.3. The Morgan fingerprint density at radius 2 is 0.860 bits per heavy atom. The van der Waals surface area contributed by atoms with Gasteiger partial charge >= 0.3 is 0 Å². The van der Waals surface area contributed by atoms with Gasteiger partial charge in [-0.05, 0) is 84.1 Å². The van der Waals surface area contributed by atoms with E-state index < -0.39 is 0 Å². The molecule has 1 nitrogen and oxygen atoms in total. The maximum Gasteiger partial charge on any atom is 0.135 e. The summed E-state index contributed by atoms with van der Waals surface area (Å²) >= 11 is 0. The molecule has 0 amide bonds. The first kappa shape index (κ1) is 24.0. The molecule has 8 aromatic carbocycles. The number of fused-ring (bicyclic) bond motifs is 4. The monoisotopic (exact) mass is 546 g/mol. The van der Waals surface area contributed by atoms with Crippen molar-refractivity contribution < 1.29 is 4.74 Å². The van der Waals surface area contributed by atoms with Crippen LogP contribution in [0.25, 0.3) is 76.8 Å². The smallest absolute Gasteiger partial charge is 0.135 e. The number of benzene rings is 8. The van der Waals surface area contributed by atoms with Crippen LogP contribution in [0.5, 0.6) is 11.5 Å². The van der Waals surface area contributed by atoms with Crippen LogP contribution >= 0.6 is 0 Å². The van der Waals surface area contributed by atoms with E-state index in [9.17, 15) is 0 Å². The summed E-state index contributed by atoms with van der Waals surface area (Å²) in [7, 11) is 0. The first-order chi connectivity index (χ1) is 21.3. The molecule has 0 fully saturated rings. The molecule has 1 heteroatoms. The van der Waals surface area contributed by atoms with Gasteiger partial charge in [0.25, 0.3) is 0 Å². The average Bonchev–Trinajstić information content (AvgIpc) is 3.08. The zero-order chi connectivity index (χ0) is 28.3. The molecule has 0 saturated carbocycles. The Bertz CT molecular complexity index is 2290. The van der Waals surface area contributed by atoms with E-state index in [1.165, 1.54) is 71.3 Å². The maximum absolute atomic E-state index is 6.43. The normalized spacial score (nSPS) is 11.9. The molecule has 0 unspecified atom stereocenters. The fraction of sp³-hybridized carbons (Fsp3) is 0. The zero-order valence-electron chi connectivity index (χ0n) is 23.4. The molecule has 0 saturated heterocycles. The maximum atomic E-state index is 6.43. The summed E-state index contributed by atoms with van der Waals surface area (Å²) in [6.45, 7) is 0. The van der Waals surface area contributed by atoms with Crippen molar-refractivity contribution >= 4 is 32.3 Å². The van der Waals surface area contributed by atoms with Crippen LogP contribution < -0.4 is 4.74 Å². The molecule has 0 N–H and O–H groups in total. The number of hydrogen-bond donors (Lipinski definition) is 0. The lowest BCUT2D eigenvalue weighted by molar-refractivity contribution is 0.487. The lowest BCUT2D eigenvalue weighted by atomic mass is 9.84. The molecule has 0 spiro atoms. The van der Waals surface area contributed by atoms with Crippen molar-refractivity contribution in [2.45, 2.75) is 0 Å². The highest BCUT2D eigenvalue weighted by Crippen LogP contribution is 2.49. The molecule has 200 valence electrons. The van der Waals surface area contributed by atoms with Crippen molar-refractivity contribution in [1.29, 1.82) is 0 Å². The van der Waals surface area contributed by atoms with Crippen LogP contribution in [0.15, 0.2) is 158 Å². The van der Waals surface area contributed by atoms with Crippen molar-refractivity contribution in [3.8, 4) is 56.0 Å². The Morgan fingerprint density at radius 1 is 0.326 bits per heavy atom. The van der Waals surface area contributed by atoms with E-state index >= 15 is 0 Å². The average molecular weight is 547 g/mol. The first-order valence-electron chi connectivity index (χ1n) is 14.8. The van der Waals surface area contributed by atoms with E-state index in [1.54, 1.807) is 0 Å². The molecular weight excluding hydrogens is 520 g/mol. The van der Waals surface area contributed by atoms with Crippen molar-refractivity contribution in [3.63, 3.8) is 0 Å². The third-order valence-corrected chi connectivity index (χ3v) is 8.86. The largest absolute Gasteiger partial charge is 0.456 e. The van der Waals surface area contributed by atoms with Gasteiger partial charge in [0.05, 0.1) is 0 Å². The standard InChI is InChI=1S/C42H26O/c1-2-10-27(11-3-1)28-20-22-30(23-21-28)40-32-14-4-6-16-34(32)41(35-17-7-5-15-33(35)40)31-24-25-38-37(26-31)36-18-8-12-29-13-9-19-39(43-38)42(29)36/h1-26H. The summed E-state index contributed by atoms with van der Waals surface area (Å²) in [4.78, 5) is 0. The Morgan fingerprint density at radius 3 is 1.53 bits per heavy atom. The lowest BCUT2D eigenvalue weighted by Gasteiger charge is -2.23. The van der Waals surface area contributed by atoms with Crippen LogP contribution in [0.4, 0.5) is 0 Å². The van der Waals surface area contributed by atoms with Gasteiger partial charge in [-0.1, -0.05) is 140 Å². The molecule has 9 rings (SSSR count). The van der Waals surface area contributed by atoms with Gasteiger partial charge in [0.2, 0.25) is 0 Å². The highest BCUT2D eigenvalue weighted by atomic mass is 16.5. The number of ether oxygens (including phenoxy) is 1. The lowest BCUT2D eigenvalue weighted by Crippen LogP contribution is -1.97. The van der Waals surface area contributed by atoms with Gasteiger partial charge < -0.3 is 4.74 Å². The Hall–Kier alpha value is -5.66. The van der Waals surface area contributed by atoms with Crippen molar-refractivity contribution in [1.82, 2.24) is 0 Å². The second kappa shape index (κ2) is 9.44. The van der Waals surface area contributed by atoms with E-state index in [0.717, 1.165) is 17.1 Å². The highest BCUT2D eigenvalue weighted by Gasteiger charge is 2.22. The predicted molar refractivity (Wildman–Crippen MR) is 181 cm³/mol. The number of hydrogen-bond acceptors (Lipinski definition) is 1. The molecule has 0 bridgehead atoms. The predicted octanol–water partition coefficient (Wildman–Crippen LogP) is 11.9. The molecule has 43 heavy (non-hydrogen) atoms. The summed E-state index contributed by atoms with van der Waals surface area (Å²) in [5.41, 5.74) is 9.75. The minimum absolute atomic E-state index is 0.902. The van der Waals surface area contributed by atoms with E-state index in [-0.39, 0.29) is 0 Å². The fourth-order valence-corrected chi connectivity index (χ4v) is 6.93. The first-order valence-corrected chi connectivity index (χ1v) is 14.8. The third-order valence-electron chi connectivity index (χ3n) is 8.86. The number of rotatable bonds is 3. The molecule has 0 radical (unpaired) electrons. The molecule has 0 aliphatic carbocycles. The van der Waals surface area contributed by atoms with Crippen LogP contribution in [0.3, 0.4) is 0 Å². The molecule has 1 aliphatic rings. The topological polar surface area (TPSA) is 9.23 Å². The second-order valence-corrected chi connectivity index (χ2v) is 11.3. The van der Waals surface area contributed by atoms with Gasteiger partial charge in [0, 0.05) is 10.9 Å². The Balaban J connectivity index is 1.28. The van der Waals surface area contributed by atoms with E-state index in [4.69, 9.17) is 4.74 Å². The molecule has 8 aromatic rings. The Kier molecular flexibility index (Phi) is 5.27. The van der Waals surface area contributed by atoms with Crippen LogP contribution in [0.2, 0.25) is 0 Å². The summed E-state index contributed by atoms with van der Waals surface area (Å²) < 4.78 is 6.43. The zero-order valence-corrected chi connectivity index (χ0v) is 23.4. The molecule has 0 aromatic heterocycles. The quantitative estimate of drug-likeness (QED) is 0.200. The van der Waals surface area contributed by atoms with Crippen molar-refractivity contribution in [2.24, 2.45) is 0 Å². The van der Waals surface area contributed by atoms with Crippen LogP contribution in [0.1, 0.15) is 0 Å². The Labute approximate surface area is 250 Å². The van der Waals surface area contributed by atoms with Gasteiger partial charge in [-0.25, -0.2) is 0 Å². The summed E-state index contributed by atoms with van der Waals surface area (Å²) in [5, 5.41) is 7.38. The van der Waals surface area contributed by atoms with Crippen molar-refractivity contribution in [2.75, 3.05) is 0 Å². The van der Waals surface area contributed by atoms with E-state index in [1.807, 2.05) is 0 Å². The summed E-state index contributed by atoms with van der Waals surface area (Å²) in [6, 6.07) is 56.8. The van der Waals surface area contributed by atoms with Crippen LogP contribution in [-0.2, 0) is 0 Å². The summed E-state index contributed by atoms with van der Waals surface area (Å²) in [6.07, 6.45) is 0. The van der Waals surface area contributed by atoms with Gasteiger partial charge in [-0.3, -0.25) is 0 Å². The van der Waals surface area contributed by atoms with Gasteiger partial charge in [-0.2, -0.15) is 0 Å². The third kappa shape index (κ3) is 3.72. The molecule has 1 heterocycles. The minimum Gasteiger partial charge on any atom is -0.456 e. The van der Waals surface area contributed by atoms with Gasteiger partial charge in [-0.15, -0.1) is 0 Å².